The number of carbonyl (C=O) groups is 2. The summed E-state index contributed by atoms with van der Waals surface area (Å²) in [5.74, 6) is -1.39. The van der Waals surface area contributed by atoms with Gasteiger partial charge in [0.25, 0.3) is 10.0 Å². The van der Waals surface area contributed by atoms with Gasteiger partial charge in [-0.3, -0.25) is 4.79 Å². The second kappa shape index (κ2) is 7.30. The maximum atomic E-state index is 12.4. The number of amidine groups is 1. The molecule has 1 amide bonds. The third-order valence-electron chi connectivity index (χ3n) is 5.01. The van der Waals surface area contributed by atoms with Crippen LogP contribution < -0.4 is 5.32 Å². The average Bonchev–Trinajstić information content (AvgIpc) is 2.91. The highest BCUT2D eigenvalue weighted by Gasteiger charge is 2.35. The molecule has 2 aliphatic heterocycles. The molecule has 2 aliphatic rings. The van der Waals surface area contributed by atoms with Crippen LogP contribution in [0.2, 0.25) is 0 Å². The lowest BCUT2D eigenvalue weighted by Crippen LogP contribution is -2.49. The van der Waals surface area contributed by atoms with Crippen molar-refractivity contribution in [3.05, 3.63) is 29.8 Å². The number of carboxylic acid groups (broad SMARTS) is 1. The third-order valence-corrected chi connectivity index (χ3v) is 6.33. The molecule has 9 heteroatoms. The van der Waals surface area contributed by atoms with E-state index in [9.17, 15) is 23.1 Å². The smallest absolute Gasteiger partial charge is 0.326 e. The van der Waals surface area contributed by atoms with Crippen LogP contribution in [-0.4, -0.2) is 55.3 Å². The Bertz CT molecular complexity index is 886. The second-order valence-corrected chi connectivity index (χ2v) is 8.79. The van der Waals surface area contributed by atoms with E-state index < -0.39 is 22.0 Å². The topological polar surface area (TPSA) is 116 Å². The number of nitrogens with zero attached hydrogens (tertiary/aromatic N) is 2. The fourth-order valence-electron chi connectivity index (χ4n) is 3.45. The molecule has 1 fully saturated rings. The van der Waals surface area contributed by atoms with Gasteiger partial charge in [-0.1, -0.05) is 26.0 Å². The molecule has 1 aromatic rings. The zero-order valence-corrected chi connectivity index (χ0v) is 16.1. The summed E-state index contributed by atoms with van der Waals surface area (Å²) in [6.45, 7) is 4.47. The molecule has 3 rings (SSSR count). The number of hydrogen-bond donors (Lipinski definition) is 2. The number of hydrogen-bond acceptors (Lipinski definition) is 5. The lowest BCUT2D eigenvalue weighted by atomic mass is 9.94. The Balaban J connectivity index is 1.66. The van der Waals surface area contributed by atoms with Crippen LogP contribution in [0.4, 0.5) is 0 Å². The molecule has 0 aromatic heterocycles. The van der Waals surface area contributed by atoms with Crippen LogP contribution in [0, 0.1) is 11.8 Å². The van der Waals surface area contributed by atoms with Gasteiger partial charge in [0.1, 0.15) is 10.9 Å². The highest BCUT2D eigenvalue weighted by atomic mass is 32.2. The number of amides is 1. The van der Waals surface area contributed by atoms with Gasteiger partial charge in [0, 0.05) is 24.6 Å². The molecule has 8 nitrogen and oxygen atoms in total. The Morgan fingerprint density at radius 2 is 1.85 bits per heavy atom. The molecule has 1 atom stereocenters. The summed E-state index contributed by atoms with van der Waals surface area (Å²) in [5, 5.41) is 11.8. The quantitative estimate of drug-likeness (QED) is 0.791. The summed E-state index contributed by atoms with van der Waals surface area (Å²) in [4.78, 5) is 25.8. The van der Waals surface area contributed by atoms with Crippen LogP contribution in [0.3, 0.4) is 0 Å². The average molecular weight is 393 g/mol. The van der Waals surface area contributed by atoms with Crippen LogP contribution in [0.5, 0.6) is 0 Å². The van der Waals surface area contributed by atoms with Crippen molar-refractivity contribution in [3.63, 3.8) is 0 Å². The minimum atomic E-state index is -3.67. The van der Waals surface area contributed by atoms with Crippen molar-refractivity contribution in [1.29, 1.82) is 0 Å². The predicted octanol–water partition coefficient (Wildman–Crippen LogP) is 1.07. The van der Waals surface area contributed by atoms with Gasteiger partial charge in [0.15, 0.2) is 5.84 Å². The Kier molecular flexibility index (Phi) is 5.23. The largest absolute Gasteiger partial charge is 0.480 e. The maximum Gasteiger partial charge on any atom is 0.326 e. The number of sulfonamides is 1. The zero-order valence-electron chi connectivity index (χ0n) is 15.3. The predicted molar refractivity (Wildman–Crippen MR) is 98.9 cm³/mol. The minimum Gasteiger partial charge on any atom is -0.480 e. The molecule has 2 heterocycles. The number of benzene rings is 1. The van der Waals surface area contributed by atoms with Crippen molar-refractivity contribution in [2.45, 2.75) is 37.6 Å². The fourth-order valence-corrected chi connectivity index (χ4v) is 4.68. The second-order valence-electron chi connectivity index (χ2n) is 7.22. The highest BCUT2D eigenvalue weighted by Crippen LogP contribution is 2.29. The van der Waals surface area contributed by atoms with E-state index in [0.717, 1.165) is 0 Å². The van der Waals surface area contributed by atoms with Crippen LogP contribution in [0.1, 0.15) is 32.3 Å². The third kappa shape index (κ3) is 3.83. The van der Waals surface area contributed by atoms with Gasteiger partial charge < -0.3 is 15.3 Å². The monoisotopic (exact) mass is 393 g/mol. The number of rotatable bonds is 4. The molecular weight excluding hydrogens is 370 g/mol. The van der Waals surface area contributed by atoms with Gasteiger partial charge >= 0.3 is 5.97 Å². The number of nitrogens with one attached hydrogen (secondary N) is 1. The Morgan fingerprint density at radius 3 is 2.44 bits per heavy atom. The van der Waals surface area contributed by atoms with Crippen molar-refractivity contribution >= 4 is 27.7 Å². The molecule has 27 heavy (non-hydrogen) atoms. The molecule has 0 bridgehead atoms. The van der Waals surface area contributed by atoms with E-state index in [4.69, 9.17) is 0 Å². The van der Waals surface area contributed by atoms with E-state index in [2.05, 4.69) is 9.71 Å². The Labute approximate surface area is 158 Å². The van der Waals surface area contributed by atoms with Crippen molar-refractivity contribution in [1.82, 2.24) is 10.2 Å². The van der Waals surface area contributed by atoms with Crippen molar-refractivity contribution in [2.24, 2.45) is 16.2 Å². The first-order chi connectivity index (χ1) is 12.7. The van der Waals surface area contributed by atoms with E-state index in [0.29, 0.717) is 37.3 Å². The number of piperidine rings is 1. The van der Waals surface area contributed by atoms with E-state index in [1.807, 2.05) is 4.90 Å². The summed E-state index contributed by atoms with van der Waals surface area (Å²) in [6, 6.07) is 5.80. The number of carbonyl (C=O) groups excluding carboxylic acids is 1. The van der Waals surface area contributed by atoms with E-state index in [1.165, 1.54) is 0 Å². The number of likely N-dealkylation sites (tertiary alicyclic amines) is 1. The van der Waals surface area contributed by atoms with E-state index in [1.54, 1.807) is 38.1 Å². The molecule has 0 aliphatic carbocycles. The summed E-state index contributed by atoms with van der Waals surface area (Å²) < 4.78 is 28.3. The van der Waals surface area contributed by atoms with Crippen LogP contribution >= 0.6 is 0 Å². The van der Waals surface area contributed by atoms with Crippen LogP contribution in [0.25, 0.3) is 0 Å². The van der Waals surface area contributed by atoms with Gasteiger partial charge in [0.05, 0.1) is 0 Å². The molecule has 1 saturated heterocycles. The summed E-state index contributed by atoms with van der Waals surface area (Å²) in [7, 11) is -3.67. The number of aliphatic carboxylic acids is 1. The summed E-state index contributed by atoms with van der Waals surface area (Å²) in [5.41, 5.74) is 0.589. The van der Waals surface area contributed by atoms with Gasteiger partial charge in [-0.05, 0) is 30.9 Å². The Hall–Kier alpha value is -2.42. The molecule has 1 aromatic carbocycles. The summed E-state index contributed by atoms with van der Waals surface area (Å²) in [6.07, 6.45) is 1.02. The number of fused-ring (bicyclic) bond motifs is 1. The lowest BCUT2D eigenvalue weighted by Gasteiger charge is -2.33. The lowest BCUT2D eigenvalue weighted by molar-refractivity contribution is -0.144. The van der Waals surface area contributed by atoms with Crippen molar-refractivity contribution < 1.29 is 23.1 Å². The van der Waals surface area contributed by atoms with Gasteiger partial charge in [0.2, 0.25) is 5.91 Å². The maximum absolute atomic E-state index is 12.4. The molecular formula is C18H23N3O5S. The first kappa shape index (κ1) is 19.3. The first-order valence-electron chi connectivity index (χ1n) is 8.93. The molecule has 0 saturated carbocycles. The molecule has 0 unspecified atom stereocenters. The fraction of sp³-hybridized carbons (Fsp3) is 0.500. The normalized spacial score (nSPS) is 20.1. The Morgan fingerprint density at radius 1 is 1.22 bits per heavy atom. The number of carboxylic acids is 1. The SMILES string of the molecule is CC(C)[C@@H](NC(=O)C1CCN(C2=NS(=O)(=O)c3ccccc32)CC1)C(=O)O. The molecule has 2 N–H and O–H groups in total. The van der Waals surface area contributed by atoms with Gasteiger partial charge in [-0.25, -0.2) is 4.79 Å². The van der Waals surface area contributed by atoms with Crippen LogP contribution in [-0.2, 0) is 19.6 Å². The van der Waals surface area contributed by atoms with E-state index >= 15 is 0 Å². The first-order valence-corrected chi connectivity index (χ1v) is 10.4. The highest BCUT2D eigenvalue weighted by molar-refractivity contribution is 7.90. The molecule has 0 radical (unpaired) electrons. The van der Waals surface area contributed by atoms with Crippen LogP contribution in [0.15, 0.2) is 33.6 Å². The van der Waals surface area contributed by atoms with Crippen molar-refractivity contribution in [3.8, 4) is 0 Å². The van der Waals surface area contributed by atoms with Crippen molar-refractivity contribution in [2.75, 3.05) is 13.1 Å². The summed E-state index contributed by atoms with van der Waals surface area (Å²) >= 11 is 0. The molecule has 146 valence electrons. The van der Waals surface area contributed by atoms with E-state index in [-0.39, 0.29) is 22.6 Å². The van der Waals surface area contributed by atoms with Gasteiger partial charge in [-0.2, -0.15) is 8.42 Å². The minimum absolute atomic E-state index is 0.207. The van der Waals surface area contributed by atoms with Gasteiger partial charge in [-0.15, -0.1) is 4.40 Å². The zero-order chi connectivity index (χ0) is 19.8. The molecule has 0 spiro atoms. The standard InChI is InChI=1S/C18H23N3O5S/c1-11(2)15(18(23)24)19-17(22)12-7-9-21(10-8-12)16-13-5-3-4-6-14(13)27(25,26)20-16/h3-6,11-12,15H,7-10H2,1-2H3,(H,19,22)(H,23,24)/t15-/m1/s1.